The lowest BCUT2D eigenvalue weighted by atomic mass is 10.1. The number of nitro groups is 1. The maximum Gasteiger partial charge on any atom is 0.291 e. The molecular formula is C6H6INO2. The lowest BCUT2D eigenvalue weighted by Gasteiger charge is -2.13. The number of rotatable bonds is 1. The molecule has 1 aliphatic carbocycles. The second-order valence-electron chi connectivity index (χ2n) is 2.07. The lowest BCUT2D eigenvalue weighted by Crippen LogP contribution is -2.28. The molecule has 0 radical (unpaired) electrons. The summed E-state index contributed by atoms with van der Waals surface area (Å²) in [6.07, 6.45) is 7.42. The molecule has 0 saturated heterocycles. The van der Waals surface area contributed by atoms with E-state index in [-0.39, 0.29) is 4.92 Å². The smallest absolute Gasteiger partial charge is 0.263 e. The van der Waals surface area contributed by atoms with E-state index < -0.39 is 3.55 Å². The molecule has 10 heavy (non-hydrogen) atoms. The first-order chi connectivity index (χ1) is 4.65. The van der Waals surface area contributed by atoms with Gasteiger partial charge in [0, 0.05) is 40.0 Å². The topological polar surface area (TPSA) is 43.1 Å². The Hall–Kier alpha value is -0.390. The number of halogens is 1. The summed E-state index contributed by atoms with van der Waals surface area (Å²) in [6, 6.07) is 0. The summed E-state index contributed by atoms with van der Waals surface area (Å²) >= 11 is 1.84. The van der Waals surface area contributed by atoms with Crippen molar-refractivity contribution in [1.29, 1.82) is 0 Å². The molecule has 0 aromatic carbocycles. The fourth-order valence-corrected chi connectivity index (χ4v) is 1.18. The molecule has 1 unspecified atom stereocenters. The number of alkyl halides is 1. The van der Waals surface area contributed by atoms with Crippen LogP contribution in [0.2, 0.25) is 0 Å². The van der Waals surface area contributed by atoms with E-state index in [1.165, 1.54) is 0 Å². The Morgan fingerprint density at radius 2 is 2.30 bits per heavy atom. The van der Waals surface area contributed by atoms with Crippen molar-refractivity contribution in [2.24, 2.45) is 0 Å². The summed E-state index contributed by atoms with van der Waals surface area (Å²) < 4.78 is -0.896. The average Bonchev–Trinajstić information content (AvgIpc) is 1.89. The van der Waals surface area contributed by atoms with Gasteiger partial charge in [-0.3, -0.25) is 10.1 Å². The van der Waals surface area contributed by atoms with Crippen molar-refractivity contribution in [2.75, 3.05) is 0 Å². The molecule has 54 valence electrons. The quantitative estimate of drug-likeness (QED) is 0.235. The van der Waals surface area contributed by atoms with Crippen LogP contribution in [0.25, 0.3) is 0 Å². The molecule has 1 atom stereocenters. The Balaban J connectivity index is 2.80. The molecule has 1 rings (SSSR count). The van der Waals surface area contributed by atoms with Gasteiger partial charge in [0.25, 0.3) is 3.55 Å². The molecule has 0 amide bonds. The van der Waals surface area contributed by atoms with Crippen molar-refractivity contribution in [3.8, 4) is 0 Å². The normalized spacial score (nSPS) is 30.5. The van der Waals surface area contributed by atoms with Crippen LogP contribution < -0.4 is 0 Å². The minimum atomic E-state index is -0.896. The third kappa shape index (κ3) is 1.36. The molecule has 0 heterocycles. The first kappa shape index (κ1) is 7.71. The summed E-state index contributed by atoms with van der Waals surface area (Å²) in [5.41, 5.74) is 0. The third-order valence-corrected chi connectivity index (χ3v) is 2.50. The SMILES string of the molecule is O=[N+]([O-])C1(I)C=CC=CC1. The van der Waals surface area contributed by atoms with Crippen LogP contribution >= 0.6 is 22.6 Å². The van der Waals surface area contributed by atoms with E-state index in [9.17, 15) is 10.1 Å². The number of hydrogen-bond donors (Lipinski definition) is 0. The van der Waals surface area contributed by atoms with Gasteiger partial charge in [-0.15, -0.1) is 0 Å². The number of hydrogen-bond acceptors (Lipinski definition) is 2. The van der Waals surface area contributed by atoms with Gasteiger partial charge < -0.3 is 0 Å². The van der Waals surface area contributed by atoms with Crippen LogP contribution in [0.1, 0.15) is 6.42 Å². The van der Waals surface area contributed by atoms with Gasteiger partial charge in [0.2, 0.25) is 0 Å². The van der Waals surface area contributed by atoms with Gasteiger partial charge >= 0.3 is 0 Å². The zero-order valence-electron chi connectivity index (χ0n) is 5.16. The van der Waals surface area contributed by atoms with E-state index in [4.69, 9.17) is 0 Å². The van der Waals surface area contributed by atoms with Gasteiger partial charge in [-0.2, -0.15) is 0 Å². The molecule has 4 heteroatoms. The minimum absolute atomic E-state index is 0.270. The molecule has 3 nitrogen and oxygen atoms in total. The summed E-state index contributed by atoms with van der Waals surface area (Å²) in [7, 11) is 0. The van der Waals surface area contributed by atoms with Crippen molar-refractivity contribution < 1.29 is 4.92 Å². The van der Waals surface area contributed by atoms with E-state index in [1.807, 2.05) is 28.7 Å². The second-order valence-corrected chi connectivity index (χ2v) is 3.94. The summed E-state index contributed by atoms with van der Waals surface area (Å²) in [4.78, 5) is 10.1. The molecule has 0 bridgehead atoms. The first-order valence-electron chi connectivity index (χ1n) is 2.83. The Labute approximate surface area is 72.1 Å². The van der Waals surface area contributed by atoms with Crippen LogP contribution in [0.4, 0.5) is 0 Å². The summed E-state index contributed by atoms with van der Waals surface area (Å²) in [5, 5.41) is 10.4. The molecule has 0 aromatic heterocycles. The average molecular weight is 251 g/mol. The van der Waals surface area contributed by atoms with E-state index in [2.05, 4.69) is 0 Å². The fraction of sp³-hybridized carbons (Fsp3) is 0.333. The number of allylic oxidation sites excluding steroid dienone is 2. The largest absolute Gasteiger partial charge is 0.291 e. The van der Waals surface area contributed by atoms with Crippen LogP contribution in [0.15, 0.2) is 24.3 Å². The molecule has 0 aliphatic heterocycles. The second kappa shape index (κ2) is 2.69. The van der Waals surface area contributed by atoms with Gasteiger partial charge in [0.15, 0.2) is 0 Å². The Kier molecular flexibility index (Phi) is 2.08. The highest BCUT2D eigenvalue weighted by atomic mass is 127. The van der Waals surface area contributed by atoms with Crippen LogP contribution in [0.3, 0.4) is 0 Å². The minimum Gasteiger partial charge on any atom is -0.263 e. The van der Waals surface area contributed by atoms with E-state index in [0.29, 0.717) is 6.42 Å². The molecule has 0 spiro atoms. The van der Waals surface area contributed by atoms with Crippen molar-refractivity contribution in [3.05, 3.63) is 34.4 Å². The van der Waals surface area contributed by atoms with Gasteiger partial charge in [-0.25, -0.2) is 0 Å². The number of nitrogens with zero attached hydrogens (tertiary/aromatic N) is 1. The van der Waals surface area contributed by atoms with Gasteiger partial charge in [0.1, 0.15) is 0 Å². The van der Waals surface area contributed by atoms with Gasteiger partial charge in [-0.05, 0) is 0 Å². The molecular weight excluding hydrogens is 245 g/mol. The van der Waals surface area contributed by atoms with Gasteiger partial charge in [0.05, 0.1) is 0 Å². The highest BCUT2D eigenvalue weighted by molar-refractivity contribution is 14.1. The van der Waals surface area contributed by atoms with Crippen LogP contribution in [0.5, 0.6) is 0 Å². The zero-order valence-corrected chi connectivity index (χ0v) is 7.32. The van der Waals surface area contributed by atoms with Crippen LogP contribution in [-0.4, -0.2) is 8.47 Å². The van der Waals surface area contributed by atoms with E-state index >= 15 is 0 Å². The first-order valence-corrected chi connectivity index (χ1v) is 3.91. The Bertz CT molecular complexity index is 212. The summed E-state index contributed by atoms with van der Waals surface area (Å²) in [5.74, 6) is 0. The highest BCUT2D eigenvalue weighted by Gasteiger charge is 2.35. The van der Waals surface area contributed by atoms with Crippen molar-refractivity contribution in [2.45, 2.75) is 9.97 Å². The molecule has 0 saturated carbocycles. The predicted octanol–water partition coefficient (Wildman–Crippen LogP) is 1.91. The van der Waals surface area contributed by atoms with Crippen LogP contribution in [-0.2, 0) is 0 Å². The fourth-order valence-electron chi connectivity index (χ4n) is 0.718. The molecule has 0 N–H and O–H groups in total. The van der Waals surface area contributed by atoms with Crippen molar-refractivity contribution >= 4 is 22.6 Å². The lowest BCUT2D eigenvalue weighted by molar-refractivity contribution is -0.516. The maximum atomic E-state index is 10.4. The van der Waals surface area contributed by atoms with E-state index in [0.717, 1.165) is 0 Å². The predicted molar refractivity (Wildman–Crippen MR) is 46.6 cm³/mol. The van der Waals surface area contributed by atoms with Crippen LogP contribution in [0, 0.1) is 10.1 Å². The monoisotopic (exact) mass is 251 g/mol. The maximum absolute atomic E-state index is 10.4. The standard InChI is InChI=1S/C6H6INO2/c7-6(8(9)10)4-2-1-3-5-6/h1-4H,5H2. The highest BCUT2D eigenvalue weighted by Crippen LogP contribution is 2.28. The Morgan fingerprint density at radius 1 is 1.60 bits per heavy atom. The molecule has 0 fully saturated rings. The third-order valence-electron chi connectivity index (χ3n) is 1.31. The van der Waals surface area contributed by atoms with Crippen molar-refractivity contribution in [1.82, 2.24) is 0 Å². The molecule has 1 aliphatic rings. The Morgan fingerprint density at radius 3 is 2.60 bits per heavy atom. The zero-order chi connectivity index (χ0) is 7.61. The van der Waals surface area contributed by atoms with E-state index in [1.54, 1.807) is 18.2 Å². The summed E-state index contributed by atoms with van der Waals surface area (Å²) in [6.45, 7) is 0. The molecule has 0 aromatic rings. The van der Waals surface area contributed by atoms with Crippen molar-refractivity contribution in [3.63, 3.8) is 0 Å². The van der Waals surface area contributed by atoms with Gasteiger partial charge in [-0.1, -0.05) is 18.2 Å².